The van der Waals surface area contributed by atoms with Crippen LogP contribution in [0.1, 0.15) is 38.7 Å². The van der Waals surface area contributed by atoms with E-state index in [0.29, 0.717) is 37.3 Å². The molecule has 2 N–H and O–H groups in total. The molecule has 0 amide bonds. The van der Waals surface area contributed by atoms with Crippen LogP contribution in [0.4, 0.5) is 0 Å². The predicted octanol–water partition coefficient (Wildman–Crippen LogP) is 2.47. The molecule has 0 radical (unpaired) electrons. The minimum absolute atomic E-state index is 0. The first-order chi connectivity index (χ1) is 11.3. The fourth-order valence-electron chi connectivity index (χ4n) is 3.26. The summed E-state index contributed by atoms with van der Waals surface area (Å²) in [6.45, 7) is 6.01. The third-order valence-electron chi connectivity index (χ3n) is 4.31. The van der Waals surface area contributed by atoms with Gasteiger partial charge in [0.15, 0.2) is 5.96 Å². The average Bonchev–Trinajstić information content (AvgIpc) is 3.17. The highest BCUT2D eigenvalue weighted by atomic mass is 127. The molecule has 7 heteroatoms. The minimum atomic E-state index is 0. The van der Waals surface area contributed by atoms with Gasteiger partial charge in [0.1, 0.15) is 0 Å². The zero-order valence-corrected chi connectivity index (χ0v) is 16.7. The van der Waals surface area contributed by atoms with Crippen molar-refractivity contribution in [3.05, 3.63) is 23.9 Å². The van der Waals surface area contributed by atoms with Crippen molar-refractivity contribution in [3.63, 3.8) is 0 Å². The van der Waals surface area contributed by atoms with E-state index in [-0.39, 0.29) is 24.0 Å². The molecule has 0 aromatic carbocycles. The summed E-state index contributed by atoms with van der Waals surface area (Å²) in [4.78, 5) is 8.97. The molecular weight excluding hydrogens is 419 g/mol. The number of rotatable bonds is 6. The lowest BCUT2D eigenvalue weighted by Crippen LogP contribution is -2.47. The van der Waals surface area contributed by atoms with Crippen LogP contribution < -0.4 is 15.4 Å². The van der Waals surface area contributed by atoms with Crippen LogP contribution >= 0.6 is 24.0 Å². The third-order valence-corrected chi connectivity index (χ3v) is 4.31. The Labute approximate surface area is 160 Å². The smallest absolute Gasteiger partial charge is 0.218 e. The van der Waals surface area contributed by atoms with Gasteiger partial charge in [0.2, 0.25) is 5.88 Å². The summed E-state index contributed by atoms with van der Waals surface area (Å²) in [5.74, 6) is 1.50. The number of halogens is 1. The van der Waals surface area contributed by atoms with E-state index in [1.165, 1.54) is 6.42 Å². The van der Waals surface area contributed by atoms with E-state index in [4.69, 9.17) is 14.5 Å². The molecule has 2 aliphatic rings. The Balaban J connectivity index is 0.00000208. The Morgan fingerprint density at radius 1 is 1.42 bits per heavy atom. The average molecular weight is 446 g/mol. The number of nitrogens with zero attached hydrogens (tertiary/aromatic N) is 2. The van der Waals surface area contributed by atoms with E-state index < -0.39 is 0 Å². The zero-order chi connectivity index (χ0) is 16.1. The van der Waals surface area contributed by atoms with Crippen molar-refractivity contribution in [3.8, 4) is 5.88 Å². The predicted molar refractivity (Wildman–Crippen MR) is 105 cm³/mol. The number of hydrogen-bond acceptors (Lipinski definition) is 4. The molecule has 0 saturated carbocycles. The highest BCUT2D eigenvalue weighted by Gasteiger charge is 2.41. The second-order valence-corrected chi connectivity index (χ2v) is 5.96. The van der Waals surface area contributed by atoms with E-state index in [1.54, 1.807) is 6.20 Å². The Bertz CT molecular complexity index is 555. The maximum absolute atomic E-state index is 5.90. The quantitative estimate of drug-likeness (QED) is 0.399. The summed E-state index contributed by atoms with van der Waals surface area (Å²) in [7, 11) is 0. The van der Waals surface area contributed by atoms with E-state index in [0.717, 1.165) is 30.9 Å². The molecule has 0 spiro atoms. The lowest BCUT2D eigenvalue weighted by Gasteiger charge is -2.22. The Hall–Kier alpha value is -1.09. The van der Waals surface area contributed by atoms with Crippen LogP contribution in [0.3, 0.4) is 0 Å². The molecule has 3 rings (SSSR count). The van der Waals surface area contributed by atoms with Crippen LogP contribution in [0.5, 0.6) is 5.88 Å². The zero-order valence-electron chi connectivity index (χ0n) is 14.3. The van der Waals surface area contributed by atoms with Gasteiger partial charge in [0.25, 0.3) is 0 Å². The van der Waals surface area contributed by atoms with Gasteiger partial charge in [-0.1, -0.05) is 6.07 Å². The molecule has 2 saturated heterocycles. The number of fused-ring (bicyclic) bond motifs is 2. The van der Waals surface area contributed by atoms with Gasteiger partial charge in [-0.15, -0.1) is 24.0 Å². The van der Waals surface area contributed by atoms with Crippen LogP contribution in [-0.4, -0.2) is 42.3 Å². The highest BCUT2D eigenvalue weighted by Crippen LogP contribution is 2.34. The number of pyridine rings is 1. The van der Waals surface area contributed by atoms with Gasteiger partial charge in [-0.3, -0.25) is 0 Å². The van der Waals surface area contributed by atoms with Gasteiger partial charge in [-0.25, -0.2) is 9.98 Å². The molecule has 0 aliphatic carbocycles. The summed E-state index contributed by atoms with van der Waals surface area (Å²) in [5, 5.41) is 6.84. The maximum Gasteiger partial charge on any atom is 0.218 e. The molecule has 3 unspecified atom stereocenters. The second kappa shape index (κ2) is 9.41. The van der Waals surface area contributed by atoms with Crippen molar-refractivity contribution >= 4 is 29.9 Å². The normalized spacial score (nSPS) is 25.2. The summed E-state index contributed by atoms with van der Waals surface area (Å²) in [5.41, 5.74) is 0.996. The largest absolute Gasteiger partial charge is 0.478 e. The Kier molecular flexibility index (Phi) is 7.54. The third kappa shape index (κ3) is 4.72. The lowest BCUT2D eigenvalue weighted by atomic mass is 9.96. The molecule has 2 aliphatic heterocycles. The van der Waals surface area contributed by atoms with Gasteiger partial charge in [-0.05, 0) is 39.2 Å². The minimum Gasteiger partial charge on any atom is -0.478 e. The second-order valence-electron chi connectivity index (χ2n) is 5.96. The van der Waals surface area contributed by atoms with Crippen molar-refractivity contribution in [1.82, 2.24) is 15.6 Å². The van der Waals surface area contributed by atoms with Gasteiger partial charge >= 0.3 is 0 Å². The number of aromatic nitrogens is 1. The topological polar surface area (TPSA) is 67.8 Å². The molecule has 1 aromatic heterocycles. The van der Waals surface area contributed by atoms with Crippen molar-refractivity contribution in [2.75, 3.05) is 13.2 Å². The number of guanidine groups is 1. The van der Waals surface area contributed by atoms with Crippen molar-refractivity contribution < 1.29 is 9.47 Å². The maximum atomic E-state index is 5.90. The SMILES string of the molecule is CCNC(=NCc1cccnc1OCC)NC1CC2CCC1O2.I. The van der Waals surface area contributed by atoms with E-state index in [9.17, 15) is 0 Å². The Morgan fingerprint density at radius 3 is 2.96 bits per heavy atom. The van der Waals surface area contributed by atoms with E-state index >= 15 is 0 Å². The number of ether oxygens (including phenoxy) is 2. The monoisotopic (exact) mass is 446 g/mol. The van der Waals surface area contributed by atoms with Gasteiger partial charge < -0.3 is 20.1 Å². The molecule has 3 heterocycles. The Morgan fingerprint density at radius 2 is 2.29 bits per heavy atom. The molecule has 134 valence electrons. The van der Waals surface area contributed by atoms with E-state index in [1.807, 2.05) is 19.1 Å². The van der Waals surface area contributed by atoms with Crippen LogP contribution in [0.15, 0.2) is 23.3 Å². The summed E-state index contributed by atoms with van der Waals surface area (Å²) in [6, 6.07) is 4.29. The van der Waals surface area contributed by atoms with Crippen LogP contribution in [0.25, 0.3) is 0 Å². The standard InChI is InChI=1S/C17H26N4O2.HI/c1-3-18-17(21-14-10-13-7-8-15(14)23-13)20-11-12-6-5-9-19-16(12)22-4-2;/h5-6,9,13-15H,3-4,7-8,10-11H2,1-2H3,(H2,18,20,21);1H. The van der Waals surface area contributed by atoms with Crippen LogP contribution in [-0.2, 0) is 11.3 Å². The van der Waals surface area contributed by atoms with Crippen molar-refractivity contribution in [2.24, 2.45) is 4.99 Å². The molecule has 24 heavy (non-hydrogen) atoms. The molecular formula is C17H27IN4O2. The van der Waals surface area contributed by atoms with Gasteiger partial charge in [-0.2, -0.15) is 0 Å². The number of nitrogens with one attached hydrogen (secondary N) is 2. The molecule has 3 atom stereocenters. The first kappa shape index (κ1) is 19.2. The number of aliphatic imine (C=N–C) groups is 1. The van der Waals surface area contributed by atoms with E-state index in [2.05, 4.69) is 22.5 Å². The first-order valence-corrected chi connectivity index (χ1v) is 8.57. The molecule has 1 aromatic rings. The lowest BCUT2D eigenvalue weighted by molar-refractivity contribution is 0.0992. The molecule has 2 fully saturated rings. The van der Waals surface area contributed by atoms with Crippen LogP contribution in [0.2, 0.25) is 0 Å². The summed E-state index contributed by atoms with van der Waals surface area (Å²) >= 11 is 0. The van der Waals surface area contributed by atoms with Crippen molar-refractivity contribution in [1.29, 1.82) is 0 Å². The summed E-state index contributed by atoms with van der Waals surface area (Å²) < 4.78 is 11.5. The van der Waals surface area contributed by atoms with Gasteiger partial charge in [0.05, 0.1) is 31.4 Å². The highest BCUT2D eigenvalue weighted by molar-refractivity contribution is 14.0. The molecule has 6 nitrogen and oxygen atoms in total. The molecule has 2 bridgehead atoms. The summed E-state index contributed by atoms with van der Waals surface area (Å²) in [6.07, 6.45) is 5.94. The van der Waals surface area contributed by atoms with Crippen molar-refractivity contribution in [2.45, 2.75) is 57.9 Å². The first-order valence-electron chi connectivity index (χ1n) is 8.57. The van der Waals surface area contributed by atoms with Crippen LogP contribution in [0, 0.1) is 0 Å². The fraction of sp³-hybridized carbons (Fsp3) is 0.647. The fourth-order valence-corrected chi connectivity index (χ4v) is 3.26. The number of hydrogen-bond donors (Lipinski definition) is 2. The van der Waals surface area contributed by atoms with Gasteiger partial charge in [0, 0.05) is 18.3 Å².